The van der Waals surface area contributed by atoms with Gasteiger partial charge in [-0.05, 0) is 24.0 Å². The predicted octanol–water partition coefficient (Wildman–Crippen LogP) is 8.38. The number of pyridine rings is 2. The van der Waals surface area contributed by atoms with Crippen LogP contribution in [-0.2, 0) is 18.5 Å². The van der Waals surface area contributed by atoms with Gasteiger partial charge in [0.05, 0.1) is 0 Å². The van der Waals surface area contributed by atoms with Crippen LogP contribution in [0.2, 0.25) is 0 Å². The molecule has 0 atom stereocenters. The van der Waals surface area contributed by atoms with Crippen molar-refractivity contribution in [2.75, 3.05) is 0 Å². The Balaban J connectivity index is 2.10. The van der Waals surface area contributed by atoms with Gasteiger partial charge in [0.2, 0.25) is 0 Å². The molecule has 0 bridgehead atoms. The van der Waals surface area contributed by atoms with Gasteiger partial charge in [-0.25, -0.2) is 9.13 Å². The van der Waals surface area contributed by atoms with Gasteiger partial charge in [0.25, 0.3) is 0 Å². The first kappa shape index (κ1) is 26.9. The Morgan fingerprint density at radius 3 is 1.85 bits per heavy atom. The van der Waals surface area contributed by atoms with Crippen LogP contribution in [0.1, 0.15) is 134 Å². The molecule has 0 aromatic carbocycles. The Kier molecular flexibility index (Phi) is 10.6. The Labute approximate surface area is 210 Å². The highest BCUT2D eigenvalue weighted by molar-refractivity contribution is 5.79. The van der Waals surface area contributed by atoms with Crippen molar-refractivity contribution in [1.29, 1.82) is 0 Å². The van der Waals surface area contributed by atoms with Crippen molar-refractivity contribution in [3.63, 3.8) is 0 Å². The fourth-order valence-corrected chi connectivity index (χ4v) is 6.02. The van der Waals surface area contributed by atoms with Crippen molar-refractivity contribution in [2.24, 2.45) is 0 Å². The standard InChI is InChI=1S/C32H52N2/c1-6-10-14-16-19-32(20-17-15-11-7-2)30-25-33(21-12-8-3)23-18-28(30)29-24-27(5)34(22-13-9-4)26-31(29)32/h18,23-26H,6-17,19-22H2,1-5H3/q+2. The molecule has 2 heterocycles. The Morgan fingerprint density at radius 1 is 0.647 bits per heavy atom. The lowest BCUT2D eigenvalue weighted by Crippen LogP contribution is -2.40. The molecule has 2 nitrogen and oxygen atoms in total. The second kappa shape index (κ2) is 13.4. The normalized spacial score (nSPS) is 13.8. The maximum absolute atomic E-state index is 2.58. The molecule has 0 N–H and O–H groups in total. The number of hydrogen-bond donors (Lipinski definition) is 0. The molecule has 0 aliphatic heterocycles. The monoisotopic (exact) mass is 464 g/mol. The fraction of sp³-hybridized carbons (Fsp3) is 0.688. The molecule has 1 aliphatic carbocycles. The van der Waals surface area contributed by atoms with E-state index in [1.54, 1.807) is 11.1 Å². The molecule has 0 radical (unpaired) electrons. The molecule has 2 aromatic heterocycles. The lowest BCUT2D eigenvalue weighted by Gasteiger charge is -2.31. The van der Waals surface area contributed by atoms with Crippen LogP contribution in [0.3, 0.4) is 0 Å². The molecule has 34 heavy (non-hydrogen) atoms. The third-order valence-electron chi connectivity index (χ3n) is 8.16. The second-order valence-corrected chi connectivity index (χ2v) is 10.9. The molecule has 188 valence electrons. The summed E-state index contributed by atoms with van der Waals surface area (Å²) in [7, 11) is 0. The molecule has 1 aliphatic rings. The van der Waals surface area contributed by atoms with Crippen molar-refractivity contribution in [2.45, 2.75) is 143 Å². The molecule has 3 rings (SSSR count). The van der Waals surface area contributed by atoms with Crippen molar-refractivity contribution < 1.29 is 9.13 Å². The van der Waals surface area contributed by atoms with Gasteiger partial charge in [-0.2, -0.15) is 0 Å². The van der Waals surface area contributed by atoms with Gasteiger partial charge in [0.1, 0.15) is 13.1 Å². The highest BCUT2D eigenvalue weighted by atomic mass is 15.0. The van der Waals surface area contributed by atoms with Crippen molar-refractivity contribution in [3.05, 3.63) is 47.5 Å². The van der Waals surface area contributed by atoms with Gasteiger partial charge in [-0.1, -0.05) is 91.9 Å². The van der Waals surface area contributed by atoms with Gasteiger partial charge < -0.3 is 0 Å². The number of rotatable bonds is 16. The summed E-state index contributed by atoms with van der Waals surface area (Å²) in [5.41, 5.74) is 7.89. The predicted molar refractivity (Wildman–Crippen MR) is 145 cm³/mol. The smallest absolute Gasteiger partial charge is 0.178 e. The molecule has 0 saturated heterocycles. The quantitative estimate of drug-likeness (QED) is 0.174. The van der Waals surface area contributed by atoms with E-state index in [0.29, 0.717) is 0 Å². The van der Waals surface area contributed by atoms with Crippen LogP contribution in [0.5, 0.6) is 0 Å². The van der Waals surface area contributed by atoms with E-state index in [1.807, 2.05) is 0 Å². The highest BCUT2D eigenvalue weighted by Gasteiger charge is 2.46. The highest BCUT2D eigenvalue weighted by Crippen LogP contribution is 2.53. The van der Waals surface area contributed by atoms with E-state index in [2.05, 4.69) is 74.5 Å². The summed E-state index contributed by atoms with van der Waals surface area (Å²) < 4.78 is 5.05. The lowest BCUT2D eigenvalue weighted by molar-refractivity contribution is -0.703. The number of unbranched alkanes of at least 4 members (excludes halogenated alkanes) is 8. The SMILES string of the molecule is CCCCCCC1(CCCCCC)c2c[n+](CCCC)ccc2-c2cc(C)[n+](CCCC)cc21. The van der Waals surface area contributed by atoms with Crippen LogP contribution >= 0.6 is 0 Å². The minimum Gasteiger partial charge on any atom is -0.205 e. The summed E-state index contributed by atoms with van der Waals surface area (Å²) in [5, 5.41) is 0. The van der Waals surface area contributed by atoms with Crippen LogP contribution in [0.4, 0.5) is 0 Å². The van der Waals surface area contributed by atoms with Gasteiger partial charge >= 0.3 is 0 Å². The third kappa shape index (κ3) is 6.10. The summed E-state index contributed by atoms with van der Waals surface area (Å²) in [6.45, 7) is 13.9. The van der Waals surface area contributed by atoms with E-state index in [-0.39, 0.29) is 5.41 Å². The number of hydrogen-bond acceptors (Lipinski definition) is 0. The van der Waals surface area contributed by atoms with Gasteiger partial charge in [-0.3, -0.25) is 0 Å². The molecule has 0 saturated carbocycles. The zero-order chi connectivity index (χ0) is 24.4. The average Bonchev–Trinajstić information content (AvgIpc) is 3.10. The van der Waals surface area contributed by atoms with E-state index in [0.717, 1.165) is 13.1 Å². The summed E-state index contributed by atoms with van der Waals surface area (Å²) in [6, 6.07) is 4.96. The van der Waals surface area contributed by atoms with E-state index >= 15 is 0 Å². The maximum atomic E-state index is 2.58. The molecular weight excluding hydrogens is 412 g/mol. The van der Waals surface area contributed by atoms with Gasteiger partial charge in [-0.15, -0.1) is 0 Å². The van der Waals surface area contributed by atoms with Crippen molar-refractivity contribution >= 4 is 0 Å². The summed E-state index contributed by atoms with van der Waals surface area (Å²) in [5.74, 6) is 0. The van der Waals surface area contributed by atoms with Crippen LogP contribution in [0.25, 0.3) is 11.1 Å². The number of nitrogens with zero attached hydrogens (tertiary/aromatic N) is 2. The zero-order valence-corrected chi connectivity index (χ0v) is 23.1. The number of aryl methyl sites for hydroxylation is 3. The minimum atomic E-state index is 0.184. The summed E-state index contributed by atoms with van der Waals surface area (Å²) in [4.78, 5) is 0. The lowest BCUT2D eigenvalue weighted by atomic mass is 9.71. The van der Waals surface area contributed by atoms with Crippen LogP contribution in [0, 0.1) is 6.92 Å². The molecule has 0 fully saturated rings. The molecule has 2 heteroatoms. The van der Waals surface area contributed by atoms with Gasteiger partial charge in [0, 0.05) is 48.4 Å². The molecule has 2 aromatic rings. The average molecular weight is 465 g/mol. The van der Waals surface area contributed by atoms with Crippen LogP contribution in [-0.4, -0.2) is 0 Å². The van der Waals surface area contributed by atoms with Crippen molar-refractivity contribution in [1.82, 2.24) is 0 Å². The minimum absolute atomic E-state index is 0.184. The molecule has 0 unspecified atom stereocenters. The molecule has 0 spiro atoms. The van der Waals surface area contributed by atoms with Crippen LogP contribution < -0.4 is 9.13 Å². The zero-order valence-electron chi connectivity index (χ0n) is 23.1. The summed E-state index contributed by atoms with van der Waals surface area (Å²) >= 11 is 0. The van der Waals surface area contributed by atoms with E-state index < -0.39 is 0 Å². The van der Waals surface area contributed by atoms with Crippen molar-refractivity contribution in [3.8, 4) is 11.1 Å². The third-order valence-corrected chi connectivity index (χ3v) is 8.16. The summed E-state index contributed by atoms with van der Waals surface area (Å²) in [6.07, 6.45) is 25.8. The van der Waals surface area contributed by atoms with Crippen LogP contribution in [0.15, 0.2) is 30.7 Å². The first-order valence-electron chi connectivity index (χ1n) is 14.7. The van der Waals surface area contributed by atoms with E-state index in [4.69, 9.17) is 0 Å². The Bertz CT molecular complexity index is 886. The Morgan fingerprint density at radius 2 is 1.24 bits per heavy atom. The largest absolute Gasteiger partial charge is 0.205 e. The van der Waals surface area contributed by atoms with E-state index in [1.165, 1.54) is 107 Å². The number of fused-ring (bicyclic) bond motifs is 3. The van der Waals surface area contributed by atoms with Gasteiger partial charge in [0.15, 0.2) is 24.3 Å². The maximum Gasteiger partial charge on any atom is 0.178 e. The Hall–Kier alpha value is -1.70. The fourth-order valence-electron chi connectivity index (χ4n) is 6.02. The first-order chi connectivity index (χ1) is 16.6. The molecular formula is C32H52N2+2. The topological polar surface area (TPSA) is 7.76 Å². The second-order valence-electron chi connectivity index (χ2n) is 10.9. The first-order valence-corrected chi connectivity index (χ1v) is 14.7. The molecule has 0 amide bonds. The number of aromatic nitrogens is 2. The van der Waals surface area contributed by atoms with E-state index in [9.17, 15) is 0 Å².